The number of aromatic hydroxyl groups is 1. The summed E-state index contributed by atoms with van der Waals surface area (Å²) in [6.07, 6.45) is -2.88. The highest BCUT2D eigenvalue weighted by molar-refractivity contribution is 7.89. The van der Waals surface area contributed by atoms with Crippen LogP contribution in [0.1, 0.15) is 17.6 Å². The molecule has 3 N–H and O–H groups in total. The Hall–Kier alpha value is -2.52. The number of benzene rings is 2. The van der Waals surface area contributed by atoms with Crippen molar-refractivity contribution in [3.63, 3.8) is 0 Å². The summed E-state index contributed by atoms with van der Waals surface area (Å²) in [4.78, 5) is 11.0. The largest absolute Gasteiger partial charge is 0.508 e. The summed E-state index contributed by atoms with van der Waals surface area (Å²) < 4.78 is 51.6. The Bertz CT molecular complexity index is 836. The third kappa shape index (κ3) is 4.97. The van der Waals surface area contributed by atoms with Crippen molar-refractivity contribution in [1.29, 1.82) is 0 Å². The number of nitrogens with one attached hydrogen (secondary N) is 1. The Kier molecular flexibility index (Phi) is 5.70. The fourth-order valence-electron chi connectivity index (χ4n) is 2.09. The zero-order valence-electron chi connectivity index (χ0n) is 12.8. The number of aliphatic carboxylic acids is 1. The lowest BCUT2D eigenvalue weighted by Gasteiger charge is -2.15. The van der Waals surface area contributed by atoms with Crippen LogP contribution < -0.4 is 4.72 Å². The number of carboxylic acids is 1. The van der Waals surface area contributed by atoms with Crippen LogP contribution in [0.2, 0.25) is 0 Å². The Labute approximate surface area is 142 Å². The number of carbonyl (C=O) groups is 1. The highest BCUT2D eigenvalue weighted by Gasteiger charge is 2.26. The van der Waals surface area contributed by atoms with Crippen LogP contribution in [-0.2, 0) is 21.2 Å². The second-order valence-electron chi connectivity index (χ2n) is 5.25. The van der Waals surface area contributed by atoms with Gasteiger partial charge in [0.15, 0.2) is 0 Å². The summed E-state index contributed by atoms with van der Waals surface area (Å²) in [7, 11) is -4.20. The normalized spacial score (nSPS) is 12.9. The third-order valence-electron chi connectivity index (χ3n) is 3.41. The fraction of sp³-hybridized carbons (Fsp3) is 0.188. The molecule has 0 spiro atoms. The van der Waals surface area contributed by atoms with Gasteiger partial charge in [0.1, 0.15) is 11.8 Å². The van der Waals surface area contributed by atoms with Gasteiger partial charge in [-0.2, -0.15) is 4.72 Å². The minimum Gasteiger partial charge on any atom is -0.508 e. The summed E-state index contributed by atoms with van der Waals surface area (Å²) in [5, 5.41) is 18.5. The van der Waals surface area contributed by atoms with Crippen molar-refractivity contribution in [3.8, 4) is 5.75 Å². The maximum Gasteiger partial charge on any atom is 0.322 e. The number of carboxylic acid groups (broad SMARTS) is 1. The van der Waals surface area contributed by atoms with Crippen molar-refractivity contribution in [2.75, 3.05) is 0 Å². The molecule has 0 saturated heterocycles. The Morgan fingerprint density at radius 2 is 1.60 bits per heavy atom. The first-order valence-corrected chi connectivity index (χ1v) is 8.58. The van der Waals surface area contributed by atoms with Crippen LogP contribution in [0.25, 0.3) is 0 Å². The predicted molar refractivity (Wildman–Crippen MR) is 85.0 cm³/mol. The minimum atomic E-state index is -4.20. The van der Waals surface area contributed by atoms with Crippen molar-refractivity contribution in [2.45, 2.75) is 23.8 Å². The molecule has 0 aromatic heterocycles. The summed E-state index contributed by atoms with van der Waals surface area (Å²) >= 11 is 0. The number of hydrogen-bond donors (Lipinski definition) is 3. The smallest absolute Gasteiger partial charge is 0.322 e. The van der Waals surface area contributed by atoms with E-state index < -0.39 is 28.5 Å². The molecule has 25 heavy (non-hydrogen) atoms. The first kappa shape index (κ1) is 18.8. The van der Waals surface area contributed by atoms with Gasteiger partial charge in [0.25, 0.3) is 6.43 Å². The quantitative estimate of drug-likeness (QED) is 0.693. The van der Waals surface area contributed by atoms with Gasteiger partial charge in [-0.25, -0.2) is 17.2 Å². The summed E-state index contributed by atoms with van der Waals surface area (Å²) in [5.41, 5.74) is 0.166. The highest BCUT2D eigenvalue weighted by Crippen LogP contribution is 2.21. The summed E-state index contributed by atoms with van der Waals surface area (Å²) in [6, 6.07) is 8.10. The van der Waals surface area contributed by atoms with Crippen molar-refractivity contribution in [3.05, 3.63) is 59.7 Å². The molecule has 0 amide bonds. The van der Waals surface area contributed by atoms with Crippen molar-refractivity contribution < 1.29 is 32.2 Å². The van der Waals surface area contributed by atoms with Gasteiger partial charge in [0, 0.05) is 5.56 Å². The van der Waals surface area contributed by atoms with Gasteiger partial charge in [0.05, 0.1) is 4.90 Å². The molecule has 0 bridgehead atoms. The molecule has 6 nitrogen and oxygen atoms in total. The predicted octanol–water partition coefficient (Wildman–Crippen LogP) is 2.30. The SMILES string of the molecule is O=C(O)[C@H](Cc1ccc(O)cc1)NS(=O)(=O)c1ccc(C(F)F)cc1. The van der Waals surface area contributed by atoms with Gasteiger partial charge in [-0.1, -0.05) is 24.3 Å². The van der Waals surface area contributed by atoms with Crippen LogP contribution in [0, 0.1) is 0 Å². The molecule has 0 aliphatic carbocycles. The maximum atomic E-state index is 12.5. The molecular formula is C16H15F2NO5S. The zero-order valence-corrected chi connectivity index (χ0v) is 13.6. The lowest BCUT2D eigenvalue weighted by Crippen LogP contribution is -2.42. The van der Waals surface area contributed by atoms with Crippen LogP contribution in [0.5, 0.6) is 5.75 Å². The molecule has 134 valence electrons. The van der Waals surface area contributed by atoms with E-state index in [1.807, 2.05) is 4.72 Å². The number of hydrogen-bond acceptors (Lipinski definition) is 4. The molecule has 1 atom stereocenters. The molecule has 2 aromatic rings. The molecule has 0 heterocycles. The first-order chi connectivity index (χ1) is 11.7. The molecule has 0 unspecified atom stereocenters. The van der Waals surface area contributed by atoms with E-state index in [1.165, 1.54) is 24.3 Å². The molecule has 0 radical (unpaired) electrons. The van der Waals surface area contributed by atoms with E-state index in [9.17, 15) is 32.2 Å². The standard InChI is InChI=1S/C16H15F2NO5S/c17-15(18)11-3-7-13(8-4-11)25(23,24)19-14(16(21)22)9-10-1-5-12(20)6-2-10/h1-8,14-15,19-20H,9H2,(H,21,22)/t14-/m0/s1. The van der Waals surface area contributed by atoms with E-state index in [4.69, 9.17) is 0 Å². The molecule has 0 fully saturated rings. The van der Waals surface area contributed by atoms with E-state index in [-0.39, 0.29) is 22.6 Å². The zero-order chi connectivity index (χ0) is 18.6. The third-order valence-corrected chi connectivity index (χ3v) is 4.90. The molecule has 0 aliphatic heterocycles. The van der Waals surface area contributed by atoms with Crippen molar-refractivity contribution in [2.24, 2.45) is 0 Å². The maximum absolute atomic E-state index is 12.5. The van der Waals surface area contributed by atoms with Gasteiger partial charge < -0.3 is 10.2 Å². The number of halogens is 2. The first-order valence-electron chi connectivity index (χ1n) is 7.10. The van der Waals surface area contributed by atoms with Gasteiger partial charge in [-0.15, -0.1) is 0 Å². The van der Waals surface area contributed by atoms with Crippen LogP contribution in [0.15, 0.2) is 53.4 Å². The number of phenolic OH excluding ortho intramolecular Hbond substituents is 1. The minimum absolute atomic E-state index is 0.00433. The number of sulfonamides is 1. The van der Waals surface area contributed by atoms with Gasteiger partial charge >= 0.3 is 5.97 Å². The fourth-order valence-corrected chi connectivity index (χ4v) is 3.28. The molecule has 2 aromatic carbocycles. The topological polar surface area (TPSA) is 104 Å². The Morgan fingerprint density at radius 1 is 1.04 bits per heavy atom. The van der Waals surface area contributed by atoms with Gasteiger partial charge in [0.2, 0.25) is 10.0 Å². The second-order valence-corrected chi connectivity index (χ2v) is 6.97. The van der Waals surface area contributed by atoms with E-state index in [2.05, 4.69) is 0 Å². The number of phenols is 1. The van der Waals surface area contributed by atoms with Crippen LogP contribution in [0.3, 0.4) is 0 Å². The van der Waals surface area contributed by atoms with E-state index >= 15 is 0 Å². The average Bonchev–Trinajstić information content (AvgIpc) is 2.56. The highest BCUT2D eigenvalue weighted by atomic mass is 32.2. The van der Waals surface area contributed by atoms with E-state index in [0.29, 0.717) is 5.56 Å². The average molecular weight is 371 g/mol. The van der Waals surface area contributed by atoms with E-state index in [1.54, 1.807) is 0 Å². The molecule has 2 rings (SSSR count). The Morgan fingerprint density at radius 3 is 2.08 bits per heavy atom. The van der Waals surface area contributed by atoms with Gasteiger partial charge in [-0.3, -0.25) is 4.79 Å². The lowest BCUT2D eigenvalue weighted by molar-refractivity contribution is -0.138. The number of rotatable bonds is 7. The monoisotopic (exact) mass is 371 g/mol. The van der Waals surface area contributed by atoms with Crippen LogP contribution in [-0.4, -0.2) is 30.6 Å². The molecular weight excluding hydrogens is 356 g/mol. The van der Waals surface area contributed by atoms with Crippen molar-refractivity contribution >= 4 is 16.0 Å². The lowest BCUT2D eigenvalue weighted by atomic mass is 10.1. The van der Waals surface area contributed by atoms with E-state index in [0.717, 1.165) is 24.3 Å². The van der Waals surface area contributed by atoms with Crippen molar-refractivity contribution in [1.82, 2.24) is 4.72 Å². The summed E-state index contributed by atoms with van der Waals surface area (Å²) in [5.74, 6) is -1.39. The summed E-state index contributed by atoms with van der Waals surface area (Å²) in [6.45, 7) is 0. The molecule has 9 heteroatoms. The molecule has 0 saturated carbocycles. The second kappa shape index (κ2) is 7.58. The van der Waals surface area contributed by atoms with Crippen LogP contribution >= 0.6 is 0 Å². The molecule has 0 aliphatic rings. The van der Waals surface area contributed by atoms with Gasteiger partial charge in [-0.05, 0) is 36.2 Å². The number of alkyl halides is 2. The van der Waals surface area contributed by atoms with Crippen LogP contribution in [0.4, 0.5) is 8.78 Å². The Balaban J connectivity index is 2.19.